The van der Waals surface area contributed by atoms with E-state index in [0.29, 0.717) is 23.0 Å². The van der Waals surface area contributed by atoms with E-state index in [9.17, 15) is 23.8 Å². The van der Waals surface area contributed by atoms with E-state index in [2.05, 4.69) is 19.1 Å². The number of carbonyl (C=O) groups is 3. The van der Waals surface area contributed by atoms with Crippen molar-refractivity contribution in [3.05, 3.63) is 70.8 Å². The van der Waals surface area contributed by atoms with Crippen LogP contribution in [0.2, 0.25) is 0 Å². The van der Waals surface area contributed by atoms with Crippen LogP contribution in [-0.4, -0.2) is 80.7 Å². The van der Waals surface area contributed by atoms with Crippen LogP contribution in [0.15, 0.2) is 48.5 Å². The van der Waals surface area contributed by atoms with Crippen LogP contribution in [0.1, 0.15) is 188 Å². The third-order valence-corrected chi connectivity index (χ3v) is 12.0. The van der Waals surface area contributed by atoms with Crippen LogP contribution in [0.5, 0.6) is 0 Å². The quantitative estimate of drug-likeness (QED) is 0.0231. The first kappa shape index (κ1) is 54.3. The highest BCUT2D eigenvalue weighted by Gasteiger charge is 2.27. The van der Waals surface area contributed by atoms with E-state index in [0.717, 1.165) is 68.9 Å². The Bertz CT molecular complexity index is 1510. The van der Waals surface area contributed by atoms with Gasteiger partial charge in [-0.1, -0.05) is 183 Å². The van der Waals surface area contributed by atoms with Crippen LogP contribution in [0, 0.1) is 6.92 Å². The van der Waals surface area contributed by atoms with Gasteiger partial charge in [-0.05, 0) is 38.2 Å². The largest absolute Gasteiger partial charge is 0.472 e. The first-order chi connectivity index (χ1) is 29.3. The van der Waals surface area contributed by atoms with Gasteiger partial charge in [0.15, 0.2) is 11.9 Å². The second-order valence-corrected chi connectivity index (χ2v) is 19.4. The number of likely N-dealkylation sites (N-methyl/N-ethyl adjacent to an activating group) is 1. The molecule has 0 spiro atoms. The molecule has 1 N–H and O–H groups in total. The Morgan fingerprint density at radius 2 is 1.03 bits per heavy atom. The van der Waals surface area contributed by atoms with Crippen molar-refractivity contribution in [3.8, 4) is 0 Å². The molecule has 2 rings (SSSR count). The Labute approximate surface area is 370 Å². The maximum Gasteiger partial charge on any atom is 0.472 e. The number of phosphoric ester groups is 1. The fraction of sp³-hybridized carbons (Fsp3) is 0.700. The van der Waals surface area contributed by atoms with Crippen molar-refractivity contribution in [3.63, 3.8) is 0 Å². The van der Waals surface area contributed by atoms with E-state index in [-0.39, 0.29) is 37.8 Å². The predicted octanol–water partition coefficient (Wildman–Crippen LogP) is 12.4. The number of hydrogen-bond donors (Lipinski definition) is 1. The van der Waals surface area contributed by atoms with Crippen LogP contribution in [0.4, 0.5) is 0 Å². The molecule has 0 aromatic heterocycles. The summed E-state index contributed by atoms with van der Waals surface area (Å²) in [5, 5.41) is 0. The number of ether oxygens (including phenoxy) is 2. The standard InChI is InChI=1S/C50H82NO9P/c1-6-7-8-9-10-11-12-13-14-17-20-23-26-29-48(52)57-41-47(42-59-61(55,56)58-40-39-51(3,4)5)60-49(53)30-27-24-21-18-15-16-19-22-25-28-44-33-37-46(38-34-44)50(54)45-35-31-43(2)32-36-45/h31-38,47H,6-30,39-42H2,1-5H3/p+1/t47-/m1/s1. The molecular weight excluding hydrogens is 790 g/mol. The number of unbranched alkanes of at least 4 members (excludes halogenated alkanes) is 20. The Morgan fingerprint density at radius 1 is 0.590 bits per heavy atom. The molecule has 61 heavy (non-hydrogen) atoms. The molecule has 0 aliphatic carbocycles. The van der Waals surface area contributed by atoms with Crippen molar-refractivity contribution < 1.29 is 46.8 Å². The third kappa shape index (κ3) is 29.2. The second-order valence-electron chi connectivity index (χ2n) is 18.0. The lowest BCUT2D eigenvalue weighted by atomic mass is 9.99. The lowest BCUT2D eigenvalue weighted by Crippen LogP contribution is -2.37. The maximum absolute atomic E-state index is 12.8. The van der Waals surface area contributed by atoms with E-state index < -0.39 is 26.5 Å². The number of aryl methyl sites for hydroxylation is 2. The minimum Gasteiger partial charge on any atom is -0.462 e. The molecule has 346 valence electrons. The van der Waals surface area contributed by atoms with E-state index in [1.54, 1.807) is 0 Å². The number of hydrogen-bond acceptors (Lipinski definition) is 8. The van der Waals surface area contributed by atoms with Crippen molar-refractivity contribution in [1.29, 1.82) is 0 Å². The summed E-state index contributed by atoms with van der Waals surface area (Å²) in [5.74, 6) is -0.776. The first-order valence-corrected chi connectivity index (χ1v) is 25.3. The number of esters is 2. The van der Waals surface area contributed by atoms with Crippen molar-refractivity contribution in [2.24, 2.45) is 0 Å². The average Bonchev–Trinajstić information content (AvgIpc) is 3.22. The highest BCUT2D eigenvalue weighted by molar-refractivity contribution is 7.47. The van der Waals surface area contributed by atoms with E-state index in [1.165, 1.54) is 89.0 Å². The molecule has 1 unspecified atom stereocenters. The summed E-state index contributed by atoms with van der Waals surface area (Å²) in [7, 11) is 1.44. The van der Waals surface area contributed by atoms with E-state index in [4.69, 9.17) is 18.5 Å². The molecule has 0 radical (unpaired) electrons. The van der Waals surface area contributed by atoms with Gasteiger partial charge in [0.1, 0.15) is 19.8 Å². The van der Waals surface area contributed by atoms with Crippen LogP contribution < -0.4 is 0 Å². The monoisotopic (exact) mass is 873 g/mol. The molecule has 2 aromatic rings. The molecule has 0 saturated carbocycles. The Morgan fingerprint density at radius 3 is 1.52 bits per heavy atom. The Kier molecular flexibility index (Phi) is 29.1. The smallest absolute Gasteiger partial charge is 0.462 e. The van der Waals surface area contributed by atoms with Gasteiger partial charge < -0.3 is 18.9 Å². The minimum absolute atomic E-state index is 0.0195. The molecule has 0 amide bonds. The summed E-state index contributed by atoms with van der Waals surface area (Å²) in [6, 6.07) is 15.7. The van der Waals surface area contributed by atoms with Gasteiger partial charge in [-0.3, -0.25) is 23.4 Å². The van der Waals surface area contributed by atoms with Crippen molar-refractivity contribution in [1.82, 2.24) is 0 Å². The number of rotatable bonds is 38. The topological polar surface area (TPSA) is 125 Å². The molecule has 0 aliphatic rings. The molecule has 2 aromatic carbocycles. The molecular formula is C50H83NO9P+. The van der Waals surface area contributed by atoms with Crippen molar-refractivity contribution in [2.45, 2.75) is 180 Å². The lowest BCUT2D eigenvalue weighted by molar-refractivity contribution is -0.870. The Balaban J connectivity index is 1.60. The third-order valence-electron chi connectivity index (χ3n) is 11.0. The predicted molar refractivity (Wildman–Crippen MR) is 247 cm³/mol. The van der Waals surface area contributed by atoms with Gasteiger partial charge in [0, 0.05) is 24.0 Å². The van der Waals surface area contributed by atoms with Gasteiger partial charge in [0.05, 0.1) is 27.7 Å². The molecule has 0 heterocycles. The van der Waals surface area contributed by atoms with Gasteiger partial charge in [-0.2, -0.15) is 0 Å². The van der Waals surface area contributed by atoms with Crippen molar-refractivity contribution in [2.75, 3.05) is 47.5 Å². The van der Waals surface area contributed by atoms with Gasteiger partial charge in [0.25, 0.3) is 0 Å². The van der Waals surface area contributed by atoms with Crippen LogP contribution in [-0.2, 0) is 39.1 Å². The van der Waals surface area contributed by atoms with E-state index >= 15 is 0 Å². The fourth-order valence-electron chi connectivity index (χ4n) is 7.08. The lowest BCUT2D eigenvalue weighted by Gasteiger charge is -2.24. The van der Waals surface area contributed by atoms with Gasteiger partial charge in [0.2, 0.25) is 0 Å². The SMILES string of the molecule is CCCCCCCCCCCCCCCC(=O)OC[C@H](COP(=O)(O)OCC[N+](C)(C)C)OC(=O)CCCCCCCCCCCc1ccc(C(=O)c2ccc(C)cc2)cc1. The number of phosphoric acid groups is 1. The maximum atomic E-state index is 12.8. The zero-order valence-corrected chi connectivity index (χ0v) is 39.7. The minimum atomic E-state index is -4.39. The van der Waals surface area contributed by atoms with Gasteiger partial charge >= 0.3 is 19.8 Å². The summed E-state index contributed by atoms with van der Waals surface area (Å²) >= 11 is 0. The molecule has 0 fully saturated rings. The normalized spacial score (nSPS) is 13.1. The van der Waals surface area contributed by atoms with Crippen LogP contribution >= 0.6 is 7.82 Å². The number of benzene rings is 2. The summed E-state index contributed by atoms with van der Waals surface area (Å²) in [5.41, 5.74) is 3.83. The summed E-state index contributed by atoms with van der Waals surface area (Å²) in [6.45, 7) is 4.12. The van der Waals surface area contributed by atoms with Gasteiger partial charge in [-0.15, -0.1) is 0 Å². The number of carbonyl (C=O) groups excluding carboxylic acids is 3. The number of nitrogens with zero attached hydrogens (tertiary/aromatic N) is 1. The average molecular weight is 873 g/mol. The van der Waals surface area contributed by atoms with Crippen LogP contribution in [0.25, 0.3) is 0 Å². The zero-order chi connectivity index (χ0) is 44.6. The first-order valence-electron chi connectivity index (χ1n) is 23.8. The molecule has 2 atom stereocenters. The van der Waals surface area contributed by atoms with Crippen molar-refractivity contribution >= 4 is 25.5 Å². The molecule has 0 saturated heterocycles. The number of ketones is 1. The highest BCUT2D eigenvalue weighted by Crippen LogP contribution is 2.43. The summed E-state index contributed by atoms with van der Waals surface area (Å²) in [6.07, 6.45) is 25.8. The molecule has 0 aliphatic heterocycles. The van der Waals surface area contributed by atoms with E-state index in [1.807, 2.05) is 64.5 Å². The molecule has 10 nitrogen and oxygen atoms in total. The fourth-order valence-corrected chi connectivity index (χ4v) is 7.82. The molecule has 11 heteroatoms. The summed E-state index contributed by atoms with van der Waals surface area (Å²) < 4.78 is 34.4. The number of quaternary nitrogens is 1. The van der Waals surface area contributed by atoms with Crippen LogP contribution in [0.3, 0.4) is 0 Å². The second kappa shape index (κ2) is 32.7. The van der Waals surface area contributed by atoms with Gasteiger partial charge in [-0.25, -0.2) is 4.57 Å². The molecule has 0 bridgehead atoms. The Hall–Kier alpha value is -2.88. The zero-order valence-electron chi connectivity index (χ0n) is 38.8. The summed E-state index contributed by atoms with van der Waals surface area (Å²) in [4.78, 5) is 48.3. The highest BCUT2D eigenvalue weighted by atomic mass is 31.2.